The fourth-order valence-electron chi connectivity index (χ4n) is 5.46. The molecule has 45 heavy (non-hydrogen) atoms. The molecule has 5 N–H and O–H groups in total. The van der Waals surface area contributed by atoms with Crippen molar-refractivity contribution < 1.29 is 37.3 Å². The molecule has 3 heterocycles. The molecule has 0 saturated heterocycles. The van der Waals surface area contributed by atoms with Crippen LogP contribution in [0.1, 0.15) is 73.2 Å². The molecule has 5 rings (SSSR count). The molecule has 1 aliphatic rings. The summed E-state index contributed by atoms with van der Waals surface area (Å²) in [5, 5.41) is 34.1. The van der Waals surface area contributed by atoms with Crippen molar-refractivity contribution >= 4 is 21.6 Å². The molecular formula is C31H36FN5O7S. The number of sulfonamides is 1. The van der Waals surface area contributed by atoms with Crippen LogP contribution in [-0.2, 0) is 32.5 Å². The van der Waals surface area contributed by atoms with Crippen molar-refractivity contribution in [2.75, 3.05) is 6.61 Å². The van der Waals surface area contributed by atoms with Crippen molar-refractivity contribution in [3.63, 3.8) is 0 Å². The second kappa shape index (κ2) is 12.1. The van der Waals surface area contributed by atoms with E-state index in [4.69, 9.17) is 14.6 Å². The zero-order valence-corrected chi connectivity index (χ0v) is 26.4. The molecule has 240 valence electrons. The molecule has 0 saturated carbocycles. The lowest BCUT2D eigenvalue weighted by atomic mass is 9.91. The monoisotopic (exact) mass is 641 g/mol. The van der Waals surface area contributed by atoms with Crippen LogP contribution < -0.4 is 15.2 Å². The summed E-state index contributed by atoms with van der Waals surface area (Å²) in [7, 11) is -3.84. The molecule has 0 spiro atoms. The number of primary sulfonamides is 1. The summed E-state index contributed by atoms with van der Waals surface area (Å²) in [6.45, 7) is 9.25. The Morgan fingerprint density at radius 2 is 1.91 bits per heavy atom. The van der Waals surface area contributed by atoms with Gasteiger partial charge in [0.05, 0.1) is 22.8 Å². The summed E-state index contributed by atoms with van der Waals surface area (Å²) in [6, 6.07) is 8.74. The largest absolute Gasteiger partial charge is 0.490 e. The molecule has 0 fully saturated rings. The number of nitrogens with zero attached hydrogens (tertiary/aromatic N) is 3. The smallest absolute Gasteiger partial charge is 0.337 e. The molecule has 12 nitrogen and oxygen atoms in total. The van der Waals surface area contributed by atoms with Gasteiger partial charge in [-0.15, -0.1) is 0 Å². The van der Waals surface area contributed by atoms with E-state index in [-0.39, 0.29) is 34.1 Å². The Bertz CT molecular complexity index is 1890. The highest BCUT2D eigenvalue weighted by molar-refractivity contribution is 7.89. The minimum Gasteiger partial charge on any atom is -0.490 e. The third-order valence-corrected chi connectivity index (χ3v) is 8.46. The van der Waals surface area contributed by atoms with E-state index in [2.05, 4.69) is 15.4 Å². The summed E-state index contributed by atoms with van der Waals surface area (Å²) in [6.07, 6.45) is -1.48. The van der Waals surface area contributed by atoms with E-state index in [0.717, 1.165) is 0 Å². The fourth-order valence-corrected chi connectivity index (χ4v) is 5.98. The number of aromatic nitrogens is 3. The van der Waals surface area contributed by atoms with Crippen LogP contribution in [0.3, 0.4) is 0 Å². The number of aliphatic hydroxyl groups is 1. The quantitative estimate of drug-likeness (QED) is 0.196. The van der Waals surface area contributed by atoms with Crippen molar-refractivity contribution in [2.24, 2.45) is 5.14 Å². The molecular weight excluding hydrogens is 605 g/mol. The van der Waals surface area contributed by atoms with Crippen molar-refractivity contribution in [1.29, 1.82) is 0 Å². The Labute approximate surface area is 260 Å². The number of halogens is 1. The molecule has 0 aliphatic carbocycles. The molecule has 1 aliphatic heterocycles. The third-order valence-electron chi connectivity index (χ3n) is 7.53. The Hall–Kier alpha value is -3.95. The number of aliphatic hydroxyl groups excluding tert-OH is 1. The Kier molecular flexibility index (Phi) is 8.72. The number of ether oxygens (including phenoxy) is 2. The number of fused-ring (bicyclic) bond motifs is 2. The second-order valence-corrected chi connectivity index (χ2v) is 13.6. The Morgan fingerprint density at radius 1 is 1.22 bits per heavy atom. The molecule has 0 radical (unpaired) electrons. The van der Waals surface area contributed by atoms with Gasteiger partial charge in [-0.25, -0.2) is 32.2 Å². The zero-order valence-electron chi connectivity index (χ0n) is 25.6. The molecule has 14 heteroatoms. The molecule has 0 amide bonds. The minimum atomic E-state index is -3.84. The van der Waals surface area contributed by atoms with Crippen LogP contribution in [0.2, 0.25) is 0 Å². The number of nitrogens with one attached hydrogen (secondary N) is 1. The highest BCUT2D eigenvalue weighted by Crippen LogP contribution is 2.41. The number of benzene rings is 2. The van der Waals surface area contributed by atoms with Crippen LogP contribution in [0.5, 0.6) is 5.75 Å². The molecule has 4 aromatic rings. The highest BCUT2D eigenvalue weighted by Gasteiger charge is 2.35. The van der Waals surface area contributed by atoms with E-state index in [9.17, 15) is 23.4 Å². The molecule has 0 bridgehead atoms. The molecule has 1 unspecified atom stereocenters. The van der Waals surface area contributed by atoms with Crippen molar-refractivity contribution in [1.82, 2.24) is 19.9 Å². The lowest BCUT2D eigenvalue weighted by Gasteiger charge is -2.28. The van der Waals surface area contributed by atoms with E-state index < -0.39 is 39.7 Å². The summed E-state index contributed by atoms with van der Waals surface area (Å²) in [5.74, 6) is -1.65. The topological polar surface area (TPSA) is 178 Å². The number of hydrogen-bond acceptors (Lipinski definition) is 9. The first-order valence-electron chi connectivity index (χ1n) is 14.3. The van der Waals surface area contributed by atoms with Gasteiger partial charge in [-0.1, -0.05) is 12.1 Å². The van der Waals surface area contributed by atoms with E-state index in [0.29, 0.717) is 53.0 Å². The highest BCUT2D eigenvalue weighted by atomic mass is 32.2. The normalized spacial score (nSPS) is 15.0. The maximum absolute atomic E-state index is 15.5. The number of aliphatic carboxylic acids is 1. The average molecular weight is 642 g/mol. The maximum atomic E-state index is 15.5. The van der Waals surface area contributed by atoms with Gasteiger partial charge in [-0.2, -0.15) is 5.10 Å². The van der Waals surface area contributed by atoms with E-state index in [1.165, 1.54) is 22.7 Å². The van der Waals surface area contributed by atoms with Crippen LogP contribution >= 0.6 is 0 Å². The molecule has 2 atom stereocenters. The maximum Gasteiger partial charge on any atom is 0.337 e. The van der Waals surface area contributed by atoms with E-state index in [1.807, 2.05) is 6.92 Å². The van der Waals surface area contributed by atoms with Crippen molar-refractivity contribution in [3.8, 4) is 17.0 Å². The Morgan fingerprint density at radius 3 is 2.53 bits per heavy atom. The predicted molar refractivity (Wildman–Crippen MR) is 163 cm³/mol. The standard InChI is InChI=1S/C31H36FN5O7S/c1-16-20-7-6-12-43-27(20)22(32)13-21(16)26-25(28(30(39)40)44-31(3,4)5)17(2)35-24-14-23(36-37(24)26)29(38)34-15-18-8-10-19(11-9-18)45(33,41)42/h8-11,13-14,28-29,34,38H,6-7,12,15H2,1-5H3,(H,39,40)(H2,33,41,42)/t28-,29?/m0/s1. The van der Waals surface area contributed by atoms with Gasteiger partial charge in [-0.3, -0.25) is 5.32 Å². The second-order valence-electron chi connectivity index (χ2n) is 12.0. The molecule has 2 aromatic carbocycles. The number of rotatable bonds is 9. The molecule has 2 aromatic heterocycles. The van der Waals surface area contributed by atoms with Gasteiger partial charge in [-0.05, 0) is 76.8 Å². The summed E-state index contributed by atoms with van der Waals surface area (Å²) < 4.78 is 51.7. The van der Waals surface area contributed by atoms with Crippen molar-refractivity contribution in [2.45, 2.75) is 76.8 Å². The van der Waals surface area contributed by atoms with E-state index in [1.54, 1.807) is 45.9 Å². The van der Waals surface area contributed by atoms with Gasteiger partial charge >= 0.3 is 5.97 Å². The summed E-state index contributed by atoms with van der Waals surface area (Å²) >= 11 is 0. The van der Waals surface area contributed by atoms with Gasteiger partial charge in [0.1, 0.15) is 11.9 Å². The number of carbonyl (C=O) groups is 1. The minimum absolute atomic E-state index is 0.0347. The van der Waals surface area contributed by atoms with E-state index >= 15 is 4.39 Å². The zero-order chi connectivity index (χ0) is 32.8. The summed E-state index contributed by atoms with van der Waals surface area (Å²) in [4.78, 5) is 17.3. The average Bonchev–Trinajstić information content (AvgIpc) is 3.39. The number of nitrogens with two attached hydrogens (primary N) is 1. The first-order chi connectivity index (χ1) is 21.0. The lowest BCUT2D eigenvalue weighted by molar-refractivity contribution is -0.160. The summed E-state index contributed by atoms with van der Waals surface area (Å²) in [5.41, 5.74) is 2.91. The van der Waals surface area contributed by atoms with Crippen LogP contribution in [0, 0.1) is 19.7 Å². The van der Waals surface area contributed by atoms with Crippen LogP contribution in [0.15, 0.2) is 41.3 Å². The fraction of sp³-hybridized carbons (Fsp3) is 0.387. The predicted octanol–water partition coefficient (Wildman–Crippen LogP) is 3.85. The van der Waals surface area contributed by atoms with Crippen molar-refractivity contribution in [3.05, 3.63) is 75.9 Å². The van der Waals surface area contributed by atoms with Crippen LogP contribution in [-0.4, -0.2) is 51.4 Å². The van der Waals surface area contributed by atoms with Gasteiger partial charge in [0.15, 0.2) is 23.3 Å². The SMILES string of the molecule is Cc1nc2cc(C(O)NCc3ccc(S(N)(=O)=O)cc3)nn2c(-c2cc(F)c3c(c2C)CCCO3)c1[C@H](OC(C)(C)C)C(=O)O. The Balaban J connectivity index is 1.63. The third kappa shape index (κ3) is 6.70. The first kappa shape index (κ1) is 32.4. The van der Waals surface area contributed by atoms with Crippen LogP contribution in [0.25, 0.3) is 16.9 Å². The number of hydrogen-bond donors (Lipinski definition) is 4. The van der Waals surface area contributed by atoms with Crippen LogP contribution in [0.4, 0.5) is 4.39 Å². The van der Waals surface area contributed by atoms with Gasteiger partial charge < -0.3 is 19.7 Å². The number of carboxylic acid groups (broad SMARTS) is 1. The van der Waals surface area contributed by atoms with Gasteiger partial charge in [0.25, 0.3) is 0 Å². The lowest BCUT2D eigenvalue weighted by Crippen LogP contribution is -2.29. The number of aryl methyl sites for hydroxylation is 1. The first-order valence-corrected chi connectivity index (χ1v) is 15.9. The number of carboxylic acids is 1. The van der Waals surface area contributed by atoms with Gasteiger partial charge in [0.2, 0.25) is 10.0 Å². The van der Waals surface area contributed by atoms with Gasteiger partial charge in [0, 0.05) is 35.0 Å².